The van der Waals surface area contributed by atoms with Crippen LogP contribution in [0.15, 0.2) is 29.8 Å². The van der Waals surface area contributed by atoms with Gasteiger partial charge in [-0.25, -0.2) is 0 Å². The molecule has 1 aliphatic rings. The summed E-state index contributed by atoms with van der Waals surface area (Å²) >= 11 is 0. The van der Waals surface area contributed by atoms with Crippen molar-refractivity contribution >= 4 is 17.7 Å². The zero-order chi connectivity index (χ0) is 10.7. The molecule has 0 aromatic heterocycles. The number of fused-ring (bicyclic) bond motifs is 1. The van der Waals surface area contributed by atoms with E-state index >= 15 is 0 Å². The van der Waals surface area contributed by atoms with Crippen LogP contribution in [0.4, 0.5) is 5.69 Å². The standard InChI is InChI=1S/C12H14N2O/c13-12(15)10-5-3-7-14-11-6-2-1-4-9(11)8-10/h1-2,4,6,8,14H,3,5,7H2,(H2,13,15). The number of nitrogens with two attached hydrogens (primary N) is 1. The van der Waals surface area contributed by atoms with Crippen LogP contribution < -0.4 is 11.1 Å². The molecule has 0 aliphatic carbocycles. The summed E-state index contributed by atoms with van der Waals surface area (Å²) in [6.07, 6.45) is 3.56. The van der Waals surface area contributed by atoms with Crippen LogP contribution in [0.3, 0.4) is 0 Å². The minimum Gasteiger partial charge on any atom is -0.385 e. The monoisotopic (exact) mass is 202 g/mol. The van der Waals surface area contributed by atoms with Crippen molar-refractivity contribution in [2.45, 2.75) is 12.8 Å². The fourth-order valence-electron chi connectivity index (χ4n) is 1.74. The van der Waals surface area contributed by atoms with Crippen LogP contribution in [-0.2, 0) is 4.79 Å². The second-order valence-electron chi connectivity index (χ2n) is 3.65. The molecule has 1 heterocycles. The third kappa shape index (κ3) is 2.18. The maximum atomic E-state index is 11.2. The van der Waals surface area contributed by atoms with E-state index in [1.807, 2.05) is 30.3 Å². The van der Waals surface area contributed by atoms with Gasteiger partial charge >= 0.3 is 0 Å². The molecule has 3 nitrogen and oxygen atoms in total. The molecule has 3 N–H and O–H groups in total. The van der Waals surface area contributed by atoms with E-state index in [1.54, 1.807) is 0 Å². The molecular formula is C12H14N2O. The Hall–Kier alpha value is -1.77. The molecular weight excluding hydrogens is 188 g/mol. The minimum atomic E-state index is -0.313. The highest BCUT2D eigenvalue weighted by Gasteiger charge is 2.09. The molecule has 0 bridgehead atoms. The Morgan fingerprint density at radius 3 is 2.93 bits per heavy atom. The molecule has 3 heteroatoms. The number of para-hydroxylation sites is 1. The van der Waals surface area contributed by atoms with Gasteiger partial charge in [0.2, 0.25) is 5.91 Å². The van der Waals surface area contributed by atoms with Crippen LogP contribution in [0.25, 0.3) is 6.08 Å². The summed E-state index contributed by atoms with van der Waals surface area (Å²) in [6, 6.07) is 7.93. The molecule has 1 amide bonds. The number of hydrogen-bond acceptors (Lipinski definition) is 2. The lowest BCUT2D eigenvalue weighted by molar-refractivity contribution is -0.114. The highest BCUT2D eigenvalue weighted by Crippen LogP contribution is 2.22. The van der Waals surface area contributed by atoms with Crippen molar-refractivity contribution in [1.82, 2.24) is 0 Å². The molecule has 0 fully saturated rings. The maximum Gasteiger partial charge on any atom is 0.244 e. The average molecular weight is 202 g/mol. The molecule has 78 valence electrons. The van der Waals surface area contributed by atoms with Gasteiger partial charge in [0.25, 0.3) is 0 Å². The fraction of sp³-hybridized carbons (Fsp3) is 0.250. The molecule has 0 saturated heterocycles. The predicted molar refractivity (Wildman–Crippen MR) is 61.3 cm³/mol. The smallest absolute Gasteiger partial charge is 0.244 e. The topological polar surface area (TPSA) is 55.1 Å². The van der Waals surface area contributed by atoms with E-state index < -0.39 is 0 Å². The normalized spacial score (nSPS) is 15.3. The van der Waals surface area contributed by atoms with E-state index in [2.05, 4.69) is 5.32 Å². The summed E-state index contributed by atoms with van der Waals surface area (Å²) in [5.41, 5.74) is 8.13. The SMILES string of the molecule is NC(=O)C1=Cc2ccccc2NCCC1. The number of primary amides is 1. The summed E-state index contributed by atoms with van der Waals surface area (Å²) < 4.78 is 0. The molecule has 0 radical (unpaired) electrons. The van der Waals surface area contributed by atoms with Crippen molar-refractivity contribution in [1.29, 1.82) is 0 Å². The number of hydrogen-bond donors (Lipinski definition) is 2. The second kappa shape index (κ2) is 4.17. The summed E-state index contributed by atoms with van der Waals surface area (Å²) in [6.45, 7) is 0.877. The van der Waals surface area contributed by atoms with Crippen molar-refractivity contribution < 1.29 is 4.79 Å². The quantitative estimate of drug-likeness (QED) is 0.729. The van der Waals surface area contributed by atoms with E-state index in [-0.39, 0.29) is 5.91 Å². The summed E-state index contributed by atoms with van der Waals surface area (Å²) in [7, 11) is 0. The first kappa shape index (κ1) is 9.77. The van der Waals surface area contributed by atoms with Gasteiger partial charge < -0.3 is 11.1 Å². The zero-order valence-electron chi connectivity index (χ0n) is 8.49. The van der Waals surface area contributed by atoms with Gasteiger partial charge in [-0.3, -0.25) is 4.79 Å². The third-order valence-corrected chi connectivity index (χ3v) is 2.55. The molecule has 1 aromatic rings. The maximum absolute atomic E-state index is 11.2. The molecule has 0 atom stereocenters. The van der Waals surface area contributed by atoms with Crippen molar-refractivity contribution in [2.75, 3.05) is 11.9 Å². The van der Waals surface area contributed by atoms with Gasteiger partial charge in [-0.05, 0) is 30.5 Å². The zero-order valence-corrected chi connectivity index (χ0v) is 8.49. The van der Waals surface area contributed by atoms with Crippen LogP contribution in [0.1, 0.15) is 18.4 Å². The number of anilines is 1. The number of nitrogens with one attached hydrogen (secondary N) is 1. The highest BCUT2D eigenvalue weighted by molar-refractivity contribution is 5.97. The minimum absolute atomic E-state index is 0.313. The number of amides is 1. The Balaban J connectivity index is 2.43. The van der Waals surface area contributed by atoms with Gasteiger partial charge in [-0.2, -0.15) is 0 Å². The van der Waals surface area contributed by atoms with E-state index in [4.69, 9.17) is 5.73 Å². The Kier molecular flexibility index (Phi) is 2.72. The molecule has 0 unspecified atom stereocenters. The highest BCUT2D eigenvalue weighted by atomic mass is 16.1. The van der Waals surface area contributed by atoms with E-state index in [1.165, 1.54) is 0 Å². The molecule has 15 heavy (non-hydrogen) atoms. The van der Waals surface area contributed by atoms with Crippen LogP contribution >= 0.6 is 0 Å². The van der Waals surface area contributed by atoms with Crippen molar-refractivity contribution in [2.24, 2.45) is 5.73 Å². The first-order chi connectivity index (χ1) is 7.27. The Morgan fingerprint density at radius 2 is 2.13 bits per heavy atom. The molecule has 1 aromatic carbocycles. The van der Waals surface area contributed by atoms with Crippen molar-refractivity contribution in [3.05, 3.63) is 35.4 Å². The van der Waals surface area contributed by atoms with E-state index in [0.717, 1.165) is 30.6 Å². The lowest BCUT2D eigenvalue weighted by Crippen LogP contribution is -2.16. The van der Waals surface area contributed by atoms with Gasteiger partial charge in [0.05, 0.1) is 0 Å². The van der Waals surface area contributed by atoms with Gasteiger partial charge in [-0.1, -0.05) is 18.2 Å². The average Bonchev–Trinajstić information content (AvgIpc) is 2.18. The second-order valence-corrected chi connectivity index (χ2v) is 3.65. The Bertz CT molecular complexity index is 410. The lowest BCUT2D eigenvalue weighted by Gasteiger charge is -2.14. The van der Waals surface area contributed by atoms with Gasteiger partial charge in [0, 0.05) is 17.8 Å². The van der Waals surface area contributed by atoms with Gasteiger partial charge in [0.15, 0.2) is 0 Å². The summed E-state index contributed by atoms with van der Waals surface area (Å²) in [4.78, 5) is 11.2. The van der Waals surface area contributed by atoms with Crippen LogP contribution in [-0.4, -0.2) is 12.5 Å². The number of carbonyl (C=O) groups excluding carboxylic acids is 1. The van der Waals surface area contributed by atoms with Crippen LogP contribution in [0.5, 0.6) is 0 Å². The molecule has 0 saturated carbocycles. The molecule has 2 rings (SSSR count). The van der Waals surface area contributed by atoms with Crippen LogP contribution in [0, 0.1) is 0 Å². The number of rotatable bonds is 1. The summed E-state index contributed by atoms with van der Waals surface area (Å²) in [5, 5.41) is 3.33. The Labute approximate surface area is 89.0 Å². The number of benzene rings is 1. The predicted octanol–water partition coefficient (Wildman–Crippen LogP) is 1.76. The van der Waals surface area contributed by atoms with E-state index in [9.17, 15) is 4.79 Å². The lowest BCUT2D eigenvalue weighted by atomic mass is 10.0. The van der Waals surface area contributed by atoms with Gasteiger partial charge in [0.1, 0.15) is 0 Å². The first-order valence-electron chi connectivity index (χ1n) is 5.10. The molecule has 1 aliphatic heterocycles. The largest absolute Gasteiger partial charge is 0.385 e. The first-order valence-corrected chi connectivity index (χ1v) is 5.10. The summed E-state index contributed by atoms with van der Waals surface area (Å²) in [5.74, 6) is -0.313. The molecule has 0 spiro atoms. The third-order valence-electron chi connectivity index (χ3n) is 2.55. The van der Waals surface area contributed by atoms with Crippen molar-refractivity contribution in [3.8, 4) is 0 Å². The fourth-order valence-corrected chi connectivity index (χ4v) is 1.74. The number of carbonyl (C=O) groups is 1. The van der Waals surface area contributed by atoms with Gasteiger partial charge in [-0.15, -0.1) is 0 Å². The van der Waals surface area contributed by atoms with E-state index in [0.29, 0.717) is 5.57 Å². The Morgan fingerprint density at radius 1 is 1.33 bits per heavy atom. The van der Waals surface area contributed by atoms with Crippen molar-refractivity contribution in [3.63, 3.8) is 0 Å². The van der Waals surface area contributed by atoms with Crippen LogP contribution in [0.2, 0.25) is 0 Å².